The quantitative estimate of drug-likeness (QED) is 0.819. The number of ether oxygens (including phenoxy) is 2. The molecule has 0 fully saturated rings. The van der Waals surface area contributed by atoms with Crippen molar-refractivity contribution in [1.29, 1.82) is 0 Å². The fourth-order valence-corrected chi connectivity index (χ4v) is 2.68. The Morgan fingerprint density at radius 3 is 2.24 bits per heavy atom. The third kappa shape index (κ3) is 3.85. The Morgan fingerprint density at radius 2 is 1.76 bits per heavy atom. The van der Waals surface area contributed by atoms with E-state index in [-0.39, 0.29) is 0 Å². The zero-order valence-corrected chi connectivity index (χ0v) is 13.9. The monoisotopic (exact) mass is 307 g/mol. The van der Waals surface area contributed by atoms with E-state index in [0.29, 0.717) is 5.92 Å². The fourth-order valence-electron chi connectivity index (χ4n) is 1.92. The lowest BCUT2D eigenvalue weighted by Crippen LogP contribution is -2.16. The third-order valence-electron chi connectivity index (χ3n) is 3.10. The van der Waals surface area contributed by atoms with Crippen molar-refractivity contribution < 1.29 is 9.47 Å². The minimum Gasteiger partial charge on any atom is -0.497 e. The molecule has 1 heterocycles. The van der Waals surface area contributed by atoms with Gasteiger partial charge < -0.3 is 14.4 Å². The molecule has 114 valence electrons. The minimum atomic E-state index is 0.348. The summed E-state index contributed by atoms with van der Waals surface area (Å²) in [6, 6.07) is 5.87. The first-order valence-corrected chi connectivity index (χ1v) is 7.57. The number of aromatic nitrogens is 2. The minimum absolute atomic E-state index is 0.348. The largest absolute Gasteiger partial charge is 0.497 e. The normalized spacial score (nSPS) is 10.8. The van der Waals surface area contributed by atoms with Crippen molar-refractivity contribution in [3.63, 3.8) is 0 Å². The summed E-state index contributed by atoms with van der Waals surface area (Å²) in [5.41, 5.74) is 1.11. The summed E-state index contributed by atoms with van der Waals surface area (Å²) >= 11 is 1.43. The Morgan fingerprint density at radius 1 is 1.14 bits per heavy atom. The number of methoxy groups -OCH3 is 2. The molecule has 0 N–H and O–H groups in total. The van der Waals surface area contributed by atoms with Gasteiger partial charge in [0.1, 0.15) is 17.3 Å². The molecule has 0 atom stereocenters. The first kappa shape index (κ1) is 15.6. The van der Waals surface area contributed by atoms with Gasteiger partial charge >= 0.3 is 0 Å². The van der Waals surface area contributed by atoms with Crippen molar-refractivity contribution in [2.24, 2.45) is 0 Å². The number of hydrogen-bond donors (Lipinski definition) is 0. The first-order valence-electron chi connectivity index (χ1n) is 6.80. The highest BCUT2D eigenvalue weighted by molar-refractivity contribution is 7.09. The summed E-state index contributed by atoms with van der Waals surface area (Å²) in [6.45, 7) is 4.91. The fraction of sp³-hybridized carbons (Fsp3) is 0.467. The second-order valence-corrected chi connectivity index (χ2v) is 5.90. The molecule has 0 saturated carbocycles. The molecule has 0 saturated heterocycles. The molecule has 0 amide bonds. The molecule has 2 aromatic rings. The molecule has 0 aliphatic rings. The van der Waals surface area contributed by atoms with E-state index in [1.54, 1.807) is 14.2 Å². The van der Waals surface area contributed by atoms with Crippen LogP contribution in [0.5, 0.6) is 11.5 Å². The van der Waals surface area contributed by atoms with Crippen LogP contribution in [0.3, 0.4) is 0 Å². The van der Waals surface area contributed by atoms with Gasteiger partial charge in [0.05, 0.1) is 14.2 Å². The smallest absolute Gasteiger partial charge is 0.205 e. The molecule has 0 bridgehead atoms. The maximum atomic E-state index is 5.30. The van der Waals surface area contributed by atoms with E-state index >= 15 is 0 Å². The summed E-state index contributed by atoms with van der Waals surface area (Å²) in [6.07, 6.45) is 0. The summed E-state index contributed by atoms with van der Waals surface area (Å²) in [4.78, 5) is 6.64. The van der Waals surface area contributed by atoms with Gasteiger partial charge in [-0.15, -0.1) is 0 Å². The van der Waals surface area contributed by atoms with Crippen molar-refractivity contribution in [1.82, 2.24) is 9.36 Å². The van der Waals surface area contributed by atoms with Gasteiger partial charge in [-0.2, -0.15) is 4.37 Å². The lowest BCUT2D eigenvalue weighted by molar-refractivity contribution is 0.393. The maximum absolute atomic E-state index is 5.30. The SMILES string of the molecule is COc1cc(CN(C)c2nc(C(C)C)ns2)cc(OC)c1. The van der Waals surface area contributed by atoms with Crippen LogP contribution in [-0.4, -0.2) is 30.6 Å². The standard InChI is InChI=1S/C15H21N3O2S/c1-10(2)14-16-15(21-17-14)18(3)9-11-6-12(19-4)8-13(7-11)20-5/h6-8,10H,9H2,1-5H3. The summed E-state index contributed by atoms with van der Waals surface area (Å²) < 4.78 is 15.0. The molecule has 0 unspecified atom stereocenters. The van der Waals surface area contributed by atoms with Crippen molar-refractivity contribution in [3.05, 3.63) is 29.6 Å². The molecule has 5 nitrogen and oxygen atoms in total. The van der Waals surface area contributed by atoms with Crippen molar-refractivity contribution >= 4 is 16.7 Å². The molecule has 0 spiro atoms. The molecular formula is C15H21N3O2S. The first-order chi connectivity index (χ1) is 10.0. The van der Waals surface area contributed by atoms with Crippen LogP contribution in [0.15, 0.2) is 18.2 Å². The van der Waals surface area contributed by atoms with Gasteiger partial charge in [-0.3, -0.25) is 0 Å². The van der Waals surface area contributed by atoms with E-state index in [9.17, 15) is 0 Å². The van der Waals surface area contributed by atoms with E-state index in [0.717, 1.165) is 34.6 Å². The summed E-state index contributed by atoms with van der Waals surface area (Å²) in [7, 11) is 5.32. The van der Waals surface area contributed by atoms with Crippen LogP contribution in [0, 0.1) is 0 Å². The highest BCUT2D eigenvalue weighted by Gasteiger charge is 2.12. The Hall–Kier alpha value is -1.82. The van der Waals surface area contributed by atoms with Crippen LogP contribution < -0.4 is 14.4 Å². The van der Waals surface area contributed by atoms with Gasteiger partial charge in [0.25, 0.3) is 0 Å². The predicted molar refractivity (Wildman–Crippen MR) is 85.7 cm³/mol. The molecule has 2 rings (SSSR count). The van der Waals surface area contributed by atoms with Gasteiger partial charge in [-0.1, -0.05) is 13.8 Å². The number of anilines is 1. The Labute approximate surface area is 129 Å². The van der Waals surface area contributed by atoms with E-state index in [4.69, 9.17) is 9.47 Å². The molecule has 1 aromatic carbocycles. The number of nitrogens with zero attached hydrogens (tertiary/aromatic N) is 3. The average Bonchev–Trinajstić information content (AvgIpc) is 2.97. The Kier molecular flexibility index (Phi) is 5.01. The highest BCUT2D eigenvalue weighted by Crippen LogP contribution is 2.26. The number of hydrogen-bond acceptors (Lipinski definition) is 6. The van der Waals surface area contributed by atoms with Gasteiger partial charge in [0.15, 0.2) is 0 Å². The molecule has 0 aliphatic carbocycles. The molecule has 0 aliphatic heterocycles. The second-order valence-electron chi connectivity index (χ2n) is 5.17. The Balaban J connectivity index is 2.16. The van der Waals surface area contributed by atoms with Gasteiger partial charge in [-0.25, -0.2) is 4.98 Å². The number of benzene rings is 1. The topological polar surface area (TPSA) is 47.5 Å². The molecule has 21 heavy (non-hydrogen) atoms. The lowest BCUT2D eigenvalue weighted by Gasteiger charge is -2.16. The van der Waals surface area contributed by atoms with Crippen LogP contribution in [0.4, 0.5) is 5.13 Å². The molecule has 6 heteroatoms. The maximum Gasteiger partial charge on any atom is 0.205 e. The van der Waals surface area contributed by atoms with Gasteiger partial charge in [0, 0.05) is 37.1 Å². The van der Waals surface area contributed by atoms with E-state index in [1.807, 2.05) is 25.2 Å². The number of rotatable bonds is 6. The molecule has 0 radical (unpaired) electrons. The van der Waals surface area contributed by atoms with E-state index in [2.05, 4.69) is 28.1 Å². The van der Waals surface area contributed by atoms with Crippen molar-refractivity contribution in [2.75, 3.05) is 26.2 Å². The highest BCUT2D eigenvalue weighted by atomic mass is 32.1. The van der Waals surface area contributed by atoms with Crippen molar-refractivity contribution in [3.8, 4) is 11.5 Å². The van der Waals surface area contributed by atoms with Crippen LogP contribution >= 0.6 is 11.5 Å². The summed E-state index contributed by atoms with van der Waals surface area (Å²) in [5, 5.41) is 0.917. The van der Waals surface area contributed by atoms with Crippen LogP contribution in [0.2, 0.25) is 0 Å². The molecule has 1 aromatic heterocycles. The van der Waals surface area contributed by atoms with Crippen LogP contribution in [-0.2, 0) is 6.54 Å². The molecular weight excluding hydrogens is 286 g/mol. The second kappa shape index (κ2) is 6.76. The zero-order valence-electron chi connectivity index (χ0n) is 13.1. The van der Waals surface area contributed by atoms with E-state index in [1.165, 1.54) is 11.5 Å². The van der Waals surface area contributed by atoms with Gasteiger partial charge in [0.2, 0.25) is 5.13 Å². The van der Waals surface area contributed by atoms with Crippen molar-refractivity contribution in [2.45, 2.75) is 26.3 Å². The van der Waals surface area contributed by atoms with E-state index < -0.39 is 0 Å². The predicted octanol–water partition coefficient (Wildman–Crippen LogP) is 3.32. The van der Waals surface area contributed by atoms with Crippen LogP contribution in [0.1, 0.15) is 31.2 Å². The van der Waals surface area contributed by atoms with Gasteiger partial charge in [-0.05, 0) is 17.7 Å². The third-order valence-corrected chi connectivity index (χ3v) is 3.95. The summed E-state index contributed by atoms with van der Waals surface area (Å²) in [5.74, 6) is 2.82. The average molecular weight is 307 g/mol. The zero-order chi connectivity index (χ0) is 15.4. The Bertz CT molecular complexity index is 576. The van der Waals surface area contributed by atoms with Crippen LogP contribution in [0.25, 0.3) is 0 Å². The lowest BCUT2D eigenvalue weighted by atomic mass is 10.2.